The SMILES string of the molecule is C#CCOc1ccccc1CNC1CCN(CC(=C)C)CC1. The Morgan fingerprint density at radius 3 is 2.82 bits per heavy atom. The van der Waals surface area contributed by atoms with Crippen molar-refractivity contribution in [2.45, 2.75) is 32.4 Å². The molecule has 3 nitrogen and oxygen atoms in total. The summed E-state index contributed by atoms with van der Waals surface area (Å²) in [6, 6.07) is 8.65. The van der Waals surface area contributed by atoms with E-state index in [1.165, 1.54) is 24.0 Å². The van der Waals surface area contributed by atoms with Gasteiger partial charge in [0.05, 0.1) is 0 Å². The van der Waals surface area contributed by atoms with Gasteiger partial charge in [0.25, 0.3) is 0 Å². The molecule has 1 heterocycles. The summed E-state index contributed by atoms with van der Waals surface area (Å²) in [5, 5.41) is 3.65. The maximum atomic E-state index is 5.59. The molecule has 0 atom stereocenters. The van der Waals surface area contributed by atoms with Crippen LogP contribution in [0.5, 0.6) is 5.75 Å². The van der Waals surface area contributed by atoms with E-state index in [1.54, 1.807) is 0 Å². The second-order valence-corrected chi connectivity index (χ2v) is 5.99. The molecular weight excluding hydrogens is 272 g/mol. The van der Waals surface area contributed by atoms with Crippen molar-refractivity contribution >= 4 is 0 Å². The molecule has 118 valence electrons. The molecule has 3 heteroatoms. The summed E-state index contributed by atoms with van der Waals surface area (Å²) in [7, 11) is 0. The smallest absolute Gasteiger partial charge is 0.148 e. The maximum absolute atomic E-state index is 5.59. The molecule has 0 unspecified atom stereocenters. The third-order valence-electron chi connectivity index (χ3n) is 3.95. The molecule has 1 aromatic carbocycles. The van der Waals surface area contributed by atoms with Gasteiger partial charge in [-0.3, -0.25) is 4.90 Å². The molecule has 1 N–H and O–H groups in total. The number of para-hydroxylation sites is 1. The largest absolute Gasteiger partial charge is 0.481 e. The van der Waals surface area contributed by atoms with Crippen molar-refractivity contribution in [2.24, 2.45) is 0 Å². The maximum Gasteiger partial charge on any atom is 0.148 e. The standard InChI is InChI=1S/C19H26N2O/c1-4-13-22-19-8-6-5-7-17(19)14-20-18-9-11-21(12-10-18)15-16(2)3/h1,5-8,18,20H,2,9-15H2,3H3. The number of likely N-dealkylation sites (tertiary alicyclic amines) is 1. The zero-order valence-electron chi connectivity index (χ0n) is 13.5. The lowest BCUT2D eigenvalue weighted by molar-refractivity contribution is 0.210. The summed E-state index contributed by atoms with van der Waals surface area (Å²) < 4.78 is 5.59. The van der Waals surface area contributed by atoms with Crippen LogP contribution in [0.4, 0.5) is 0 Å². The summed E-state index contributed by atoms with van der Waals surface area (Å²) in [6.07, 6.45) is 7.63. The molecule has 1 aliphatic heterocycles. The molecule has 0 aromatic heterocycles. The van der Waals surface area contributed by atoms with Gasteiger partial charge in [0.1, 0.15) is 12.4 Å². The van der Waals surface area contributed by atoms with E-state index in [4.69, 9.17) is 11.2 Å². The van der Waals surface area contributed by atoms with Gasteiger partial charge in [-0.05, 0) is 38.9 Å². The Morgan fingerprint density at radius 2 is 2.14 bits per heavy atom. The average Bonchev–Trinajstić information content (AvgIpc) is 2.52. The van der Waals surface area contributed by atoms with Crippen LogP contribution >= 0.6 is 0 Å². The Hall–Kier alpha value is -1.76. The fourth-order valence-electron chi connectivity index (χ4n) is 2.84. The molecule has 0 aliphatic carbocycles. The lowest BCUT2D eigenvalue weighted by atomic mass is 10.0. The summed E-state index contributed by atoms with van der Waals surface area (Å²) in [4.78, 5) is 2.48. The Bertz CT molecular complexity index is 524. The Morgan fingerprint density at radius 1 is 1.41 bits per heavy atom. The minimum Gasteiger partial charge on any atom is -0.481 e. The molecule has 0 bridgehead atoms. The van der Waals surface area contributed by atoms with Gasteiger partial charge in [0.15, 0.2) is 0 Å². The number of benzene rings is 1. The summed E-state index contributed by atoms with van der Waals surface area (Å²) in [6.45, 7) is 10.5. The zero-order chi connectivity index (χ0) is 15.8. The minimum absolute atomic E-state index is 0.316. The lowest BCUT2D eigenvalue weighted by Crippen LogP contribution is -2.42. The van der Waals surface area contributed by atoms with E-state index in [0.29, 0.717) is 12.6 Å². The monoisotopic (exact) mass is 298 g/mol. The zero-order valence-corrected chi connectivity index (χ0v) is 13.5. The first kappa shape index (κ1) is 16.6. The van der Waals surface area contributed by atoms with E-state index in [0.717, 1.165) is 31.9 Å². The highest BCUT2D eigenvalue weighted by Gasteiger charge is 2.18. The second-order valence-electron chi connectivity index (χ2n) is 5.99. The third kappa shape index (κ3) is 5.22. The van der Waals surface area contributed by atoms with Gasteiger partial charge in [-0.1, -0.05) is 36.3 Å². The molecule has 1 aromatic rings. The van der Waals surface area contributed by atoms with Gasteiger partial charge in [-0.2, -0.15) is 0 Å². The van der Waals surface area contributed by atoms with Gasteiger partial charge in [0.2, 0.25) is 0 Å². The van der Waals surface area contributed by atoms with Crippen LogP contribution in [0, 0.1) is 12.3 Å². The Balaban J connectivity index is 1.79. The molecule has 22 heavy (non-hydrogen) atoms. The predicted molar refractivity (Wildman–Crippen MR) is 91.9 cm³/mol. The van der Waals surface area contributed by atoms with Gasteiger partial charge in [-0.15, -0.1) is 6.42 Å². The van der Waals surface area contributed by atoms with Gasteiger partial charge >= 0.3 is 0 Å². The van der Waals surface area contributed by atoms with Crippen LogP contribution in [0.2, 0.25) is 0 Å². The molecule has 0 radical (unpaired) electrons. The van der Waals surface area contributed by atoms with E-state index in [-0.39, 0.29) is 0 Å². The molecule has 2 rings (SSSR count). The average molecular weight is 298 g/mol. The van der Waals surface area contributed by atoms with Crippen molar-refractivity contribution in [1.82, 2.24) is 10.2 Å². The molecule has 1 aliphatic rings. The normalized spacial score (nSPS) is 16.2. The number of hydrogen-bond donors (Lipinski definition) is 1. The molecule has 0 amide bonds. The highest BCUT2D eigenvalue weighted by molar-refractivity contribution is 5.33. The van der Waals surface area contributed by atoms with E-state index in [9.17, 15) is 0 Å². The quantitative estimate of drug-likeness (QED) is 0.619. The van der Waals surface area contributed by atoms with Gasteiger partial charge in [-0.25, -0.2) is 0 Å². The van der Waals surface area contributed by atoms with Crippen molar-refractivity contribution in [2.75, 3.05) is 26.2 Å². The van der Waals surface area contributed by atoms with Crippen molar-refractivity contribution in [3.8, 4) is 18.1 Å². The highest BCUT2D eigenvalue weighted by atomic mass is 16.5. The number of hydrogen-bond acceptors (Lipinski definition) is 3. The first-order chi connectivity index (χ1) is 10.7. The van der Waals surface area contributed by atoms with Crippen molar-refractivity contribution in [1.29, 1.82) is 0 Å². The molecular formula is C19H26N2O. The third-order valence-corrected chi connectivity index (χ3v) is 3.95. The predicted octanol–water partition coefficient (Wildman–Crippen LogP) is 2.83. The van der Waals surface area contributed by atoms with Crippen LogP contribution in [0.1, 0.15) is 25.3 Å². The van der Waals surface area contributed by atoms with Crippen LogP contribution in [0.15, 0.2) is 36.4 Å². The van der Waals surface area contributed by atoms with Crippen LogP contribution in [0.3, 0.4) is 0 Å². The number of nitrogens with zero attached hydrogens (tertiary/aromatic N) is 1. The molecule has 1 fully saturated rings. The first-order valence-corrected chi connectivity index (χ1v) is 7.93. The molecule has 1 saturated heterocycles. The number of terminal acetylenes is 1. The highest BCUT2D eigenvalue weighted by Crippen LogP contribution is 2.19. The lowest BCUT2D eigenvalue weighted by Gasteiger charge is -2.32. The van der Waals surface area contributed by atoms with Crippen LogP contribution in [-0.4, -0.2) is 37.2 Å². The topological polar surface area (TPSA) is 24.5 Å². The summed E-state index contributed by atoms with van der Waals surface area (Å²) in [5.74, 6) is 3.40. The Kier molecular flexibility index (Phi) is 6.51. The second kappa shape index (κ2) is 8.63. The fraction of sp³-hybridized carbons (Fsp3) is 0.474. The number of nitrogens with one attached hydrogen (secondary N) is 1. The van der Waals surface area contributed by atoms with Gasteiger partial charge < -0.3 is 10.1 Å². The number of rotatable bonds is 7. The summed E-state index contributed by atoms with van der Waals surface area (Å²) in [5.41, 5.74) is 2.41. The van der Waals surface area contributed by atoms with E-state index in [2.05, 4.69) is 35.7 Å². The van der Waals surface area contributed by atoms with Crippen molar-refractivity contribution in [3.05, 3.63) is 42.0 Å². The van der Waals surface area contributed by atoms with E-state index in [1.807, 2.05) is 18.2 Å². The van der Waals surface area contributed by atoms with Crippen LogP contribution < -0.4 is 10.1 Å². The minimum atomic E-state index is 0.316. The van der Waals surface area contributed by atoms with Gasteiger partial charge in [0, 0.05) is 24.7 Å². The van der Waals surface area contributed by atoms with Crippen LogP contribution in [0.25, 0.3) is 0 Å². The Labute approximate surface area is 134 Å². The molecule has 0 saturated carbocycles. The van der Waals surface area contributed by atoms with Crippen molar-refractivity contribution < 1.29 is 4.74 Å². The fourth-order valence-corrected chi connectivity index (χ4v) is 2.84. The number of piperidine rings is 1. The van der Waals surface area contributed by atoms with Crippen LogP contribution in [-0.2, 0) is 6.54 Å². The first-order valence-electron chi connectivity index (χ1n) is 7.93. The van der Waals surface area contributed by atoms with Crippen molar-refractivity contribution in [3.63, 3.8) is 0 Å². The van der Waals surface area contributed by atoms with E-state index >= 15 is 0 Å². The molecule has 0 spiro atoms. The summed E-state index contributed by atoms with van der Waals surface area (Å²) >= 11 is 0. The van der Waals surface area contributed by atoms with E-state index < -0.39 is 0 Å². The number of ether oxygens (including phenoxy) is 1.